The molecule has 2 heterocycles. The molecule has 0 N–H and O–H groups in total. The molecule has 16 nitrogen and oxygen atoms in total. The summed E-state index contributed by atoms with van der Waals surface area (Å²) in [5.41, 5.74) is 0.476. The van der Waals surface area contributed by atoms with Gasteiger partial charge in [0.2, 0.25) is 0 Å². The molecule has 2 fully saturated rings. The van der Waals surface area contributed by atoms with Crippen molar-refractivity contribution < 1.29 is 76.1 Å². The predicted molar refractivity (Wildman–Crippen MR) is 185 cm³/mol. The van der Waals surface area contributed by atoms with Crippen molar-refractivity contribution in [1.82, 2.24) is 0 Å². The maximum Gasteiger partial charge on any atom is 0.338 e. The van der Waals surface area contributed by atoms with E-state index < -0.39 is 104 Å². The van der Waals surface area contributed by atoms with Gasteiger partial charge in [0.15, 0.2) is 49.2 Å². The summed E-state index contributed by atoms with van der Waals surface area (Å²) in [6.07, 6.45) is -12.8. The fraction of sp³-hybridized carbons (Fsp3) is 0.385. The molecule has 2 saturated heterocycles. The zero-order valence-electron chi connectivity index (χ0n) is 30.3. The Balaban J connectivity index is 1.48. The third-order valence-electron chi connectivity index (χ3n) is 8.31. The van der Waals surface area contributed by atoms with Gasteiger partial charge in [-0.1, -0.05) is 54.6 Å². The number of rotatable bonds is 13. The Bertz CT molecular complexity index is 1780. The average molecular weight is 765 g/mol. The van der Waals surface area contributed by atoms with Crippen LogP contribution in [0.1, 0.15) is 51.8 Å². The van der Waals surface area contributed by atoms with Crippen LogP contribution in [0, 0.1) is 0 Å². The van der Waals surface area contributed by atoms with Crippen LogP contribution < -0.4 is 0 Å². The van der Waals surface area contributed by atoms with E-state index >= 15 is 0 Å². The van der Waals surface area contributed by atoms with Crippen molar-refractivity contribution in [3.8, 4) is 0 Å². The molecular weight excluding hydrogens is 724 g/mol. The molecule has 2 aliphatic rings. The minimum atomic E-state index is -1.59. The van der Waals surface area contributed by atoms with Crippen molar-refractivity contribution >= 4 is 35.8 Å². The summed E-state index contributed by atoms with van der Waals surface area (Å²) in [4.78, 5) is 76.9. The van der Waals surface area contributed by atoms with Crippen LogP contribution in [0.25, 0.3) is 0 Å². The van der Waals surface area contributed by atoms with Crippen molar-refractivity contribution in [3.05, 3.63) is 108 Å². The minimum Gasteiger partial charge on any atom is -0.456 e. The Morgan fingerprint density at radius 1 is 0.527 bits per heavy atom. The quantitative estimate of drug-likeness (QED) is 0.182. The first-order valence-electron chi connectivity index (χ1n) is 17.2. The van der Waals surface area contributed by atoms with Crippen molar-refractivity contribution in [2.24, 2.45) is 0 Å². The van der Waals surface area contributed by atoms with Gasteiger partial charge in [0.05, 0.1) is 29.9 Å². The van der Waals surface area contributed by atoms with E-state index in [0.717, 1.165) is 20.8 Å². The van der Waals surface area contributed by atoms with E-state index in [-0.39, 0.29) is 16.7 Å². The molecule has 0 aliphatic carbocycles. The first-order chi connectivity index (χ1) is 26.4. The highest BCUT2D eigenvalue weighted by Crippen LogP contribution is 2.32. The standard InChI is InChI=1S/C39H40O16/c1-22(40)49-30-29(53-38(46-4)34(51-24(3)42)32(30)50-23(2)41)21-48-39-33(55-37(45)27-18-12-7-13-19-27)31(54-36(44)26-16-10-6-11-17-26)28(20-47-39)52-35(43)25-14-8-5-9-15-25/h5-19,28-34,38-39H,20-21H2,1-4H3. The van der Waals surface area contributed by atoms with E-state index in [0.29, 0.717) is 0 Å². The molecule has 0 radical (unpaired) electrons. The van der Waals surface area contributed by atoms with E-state index in [9.17, 15) is 28.8 Å². The highest BCUT2D eigenvalue weighted by atomic mass is 16.8. The number of methoxy groups -OCH3 is 1. The van der Waals surface area contributed by atoms with E-state index in [1.54, 1.807) is 54.6 Å². The number of carbonyl (C=O) groups excluding carboxylic acids is 6. The normalized spacial score (nSPS) is 26.1. The zero-order valence-corrected chi connectivity index (χ0v) is 30.3. The Labute approximate surface area is 315 Å². The molecule has 5 rings (SSSR count). The lowest BCUT2D eigenvalue weighted by Gasteiger charge is -2.45. The van der Waals surface area contributed by atoms with E-state index in [4.69, 9.17) is 47.4 Å². The smallest absolute Gasteiger partial charge is 0.338 e. The molecule has 3 aromatic carbocycles. The van der Waals surface area contributed by atoms with Gasteiger partial charge in [-0.25, -0.2) is 14.4 Å². The molecule has 2 aliphatic heterocycles. The van der Waals surface area contributed by atoms with E-state index in [1.165, 1.54) is 43.5 Å². The molecule has 0 saturated carbocycles. The second-order valence-corrected chi connectivity index (χ2v) is 12.3. The van der Waals surface area contributed by atoms with Crippen LogP contribution in [0.4, 0.5) is 0 Å². The van der Waals surface area contributed by atoms with Crippen LogP contribution in [0.3, 0.4) is 0 Å². The number of esters is 6. The SMILES string of the molecule is COC1OC(COC2OCC(OC(=O)c3ccccc3)C(OC(=O)c3ccccc3)C2OC(=O)c2ccccc2)C(OC(C)=O)C(OC(C)=O)C1OC(C)=O. The summed E-state index contributed by atoms with van der Waals surface area (Å²) in [6.45, 7) is 2.42. The topological polar surface area (TPSA) is 195 Å². The van der Waals surface area contributed by atoms with Crippen LogP contribution in [-0.2, 0) is 61.8 Å². The molecule has 9 atom stereocenters. The lowest BCUT2D eigenvalue weighted by atomic mass is 9.98. The maximum absolute atomic E-state index is 13.6. The summed E-state index contributed by atoms with van der Waals surface area (Å²) in [7, 11) is 1.25. The Morgan fingerprint density at radius 2 is 0.945 bits per heavy atom. The second kappa shape index (κ2) is 19.1. The third kappa shape index (κ3) is 10.7. The fourth-order valence-electron chi connectivity index (χ4n) is 5.94. The van der Waals surface area contributed by atoms with Crippen LogP contribution >= 0.6 is 0 Å². The zero-order chi connectivity index (χ0) is 39.5. The average Bonchev–Trinajstić information content (AvgIpc) is 3.17. The number of ether oxygens (including phenoxy) is 10. The lowest BCUT2D eigenvalue weighted by molar-refractivity contribution is -0.319. The molecule has 0 bridgehead atoms. The fourth-order valence-corrected chi connectivity index (χ4v) is 5.94. The molecule has 0 aromatic heterocycles. The monoisotopic (exact) mass is 764 g/mol. The van der Waals surface area contributed by atoms with E-state index in [1.807, 2.05) is 0 Å². The molecule has 16 heteroatoms. The molecule has 9 unspecified atom stereocenters. The Morgan fingerprint density at radius 3 is 1.42 bits per heavy atom. The highest BCUT2D eigenvalue weighted by molar-refractivity contribution is 5.91. The second-order valence-electron chi connectivity index (χ2n) is 12.3. The van der Waals surface area contributed by atoms with Gasteiger partial charge in [-0.15, -0.1) is 0 Å². The van der Waals surface area contributed by atoms with Gasteiger partial charge in [0.25, 0.3) is 0 Å². The first-order valence-corrected chi connectivity index (χ1v) is 17.2. The minimum absolute atomic E-state index is 0.131. The molecule has 292 valence electrons. The summed E-state index contributed by atoms with van der Waals surface area (Å²) < 4.78 is 57.6. The van der Waals surface area contributed by atoms with Gasteiger partial charge < -0.3 is 47.4 Å². The van der Waals surface area contributed by atoms with Crippen LogP contribution in [0.2, 0.25) is 0 Å². The maximum atomic E-state index is 13.6. The van der Waals surface area contributed by atoms with Gasteiger partial charge in [0, 0.05) is 27.9 Å². The van der Waals surface area contributed by atoms with Crippen LogP contribution in [0.15, 0.2) is 91.0 Å². The van der Waals surface area contributed by atoms with Crippen molar-refractivity contribution in [1.29, 1.82) is 0 Å². The van der Waals surface area contributed by atoms with Crippen LogP contribution in [-0.4, -0.2) is 111 Å². The largest absolute Gasteiger partial charge is 0.456 e. The van der Waals surface area contributed by atoms with Gasteiger partial charge >= 0.3 is 35.8 Å². The molecule has 0 amide bonds. The molecule has 3 aromatic rings. The van der Waals surface area contributed by atoms with Crippen molar-refractivity contribution in [2.75, 3.05) is 20.3 Å². The number of hydrogen-bond donors (Lipinski definition) is 0. The highest BCUT2D eigenvalue weighted by Gasteiger charge is 2.54. The van der Waals surface area contributed by atoms with Gasteiger partial charge in [-0.05, 0) is 36.4 Å². The van der Waals surface area contributed by atoms with E-state index in [2.05, 4.69) is 0 Å². The summed E-state index contributed by atoms with van der Waals surface area (Å²) in [5.74, 6) is -4.81. The van der Waals surface area contributed by atoms with Gasteiger partial charge in [0.1, 0.15) is 6.10 Å². The number of carbonyl (C=O) groups is 6. The molecule has 55 heavy (non-hydrogen) atoms. The predicted octanol–water partition coefficient (Wildman–Crippen LogP) is 3.20. The van der Waals surface area contributed by atoms with Gasteiger partial charge in [-0.3, -0.25) is 14.4 Å². The van der Waals surface area contributed by atoms with Gasteiger partial charge in [-0.2, -0.15) is 0 Å². The summed E-state index contributed by atoms with van der Waals surface area (Å²) >= 11 is 0. The third-order valence-corrected chi connectivity index (χ3v) is 8.31. The number of benzene rings is 3. The molecular formula is C39H40O16. The summed E-state index contributed by atoms with van der Waals surface area (Å²) in [6, 6.07) is 23.9. The number of hydrogen-bond acceptors (Lipinski definition) is 16. The van der Waals surface area contributed by atoms with Crippen molar-refractivity contribution in [3.63, 3.8) is 0 Å². The van der Waals surface area contributed by atoms with Crippen molar-refractivity contribution in [2.45, 2.75) is 76.1 Å². The molecule has 0 spiro atoms. The summed E-state index contributed by atoms with van der Waals surface area (Å²) in [5, 5.41) is 0. The Hall–Kier alpha value is -5.68. The Kier molecular flexibility index (Phi) is 14.0. The van der Waals surface area contributed by atoms with Crippen LogP contribution in [0.5, 0.6) is 0 Å². The first kappa shape index (κ1) is 40.5. The lowest BCUT2D eigenvalue weighted by Crippen LogP contribution is -2.63.